The predicted octanol–water partition coefficient (Wildman–Crippen LogP) is 1.39. The first kappa shape index (κ1) is 7.31. The van der Waals surface area contributed by atoms with Gasteiger partial charge in [0.1, 0.15) is 0 Å². The molecule has 9 heavy (non-hydrogen) atoms. The van der Waals surface area contributed by atoms with E-state index in [4.69, 9.17) is 5.73 Å². The van der Waals surface area contributed by atoms with E-state index in [2.05, 4.69) is 37.2 Å². The Morgan fingerprint density at radius 3 is 2.67 bits per heavy atom. The summed E-state index contributed by atoms with van der Waals surface area (Å²) in [5, 5.41) is 2.94. The van der Waals surface area contributed by atoms with Gasteiger partial charge in [0.05, 0.1) is 4.61 Å². The van der Waals surface area contributed by atoms with Crippen LogP contribution in [-0.2, 0) is 0 Å². The topological polar surface area (TPSA) is 38.0 Å². The molecule has 3 N–H and O–H groups in total. The molecule has 0 aliphatic carbocycles. The lowest BCUT2D eigenvalue weighted by molar-refractivity contribution is 0.675. The van der Waals surface area contributed by atoms with Gasteiger partial charge in [-0.15, -0.1) is 0 Å². The first-order valence-corrected chi connectivity index (χ1v) is 4.00. The number of alkyl halides is 1. The molecule has 4 heteroatoms. The number of hydrogen-bond acceptors (Lipinski definition) is 2. The summed E-state index contributed by atoms with van der Waals surface area (Å²) in [5.41, 5.74) is 5.62. The summed E-state index contributed by atoms with van der Waals surface area (Å²) in [6, 6.07) is 0. The smallest absolute Gasteiger partial charge is 0.163 e. The van der Waals surface area contributed by atoms with Crippen LogP contribution in [0.25, 0.3) is 0 Å². The molecule has 1 heterocycles. The second-order valence-electron chi connectivity index (χ2n) is 1.77. The average molecular weight is 254 g/mol. The van der Waals surface area contributed by atoms with Crippen molar-refractivity contribution in [2.45, 2.75) is 4.57 Å². The van der Waals surface area contributed by atoms with Crippen molar-refractivity contribution >= 4 is 31.9 Å². The van der Waals surface area contributed by atoms with Gasteiger partial charge in [-0.25, -0.2) is 0 Å². The van der Waals surface area contributed by atoms with Gasteiger partial charge in [0, 0.05) is 0 Å². The van der Waals surface area contributed by atoms with Gasteiger partial charge in [-0.1, -0.05) is 6.08 Å². The van der Waals surface area contributed by atoms with Crippen LogP contribution in [0.15, 0.2) is 22.8 Å². The quantitative estimate of drug-likeness (QED) is 0.506. The molecule has 0 bridgehead atoms. The highest BCUT2D eigenvalue weighted by Crippen LogP contribution is 2.17. The zero-order valence-electron chi connectivity index (χ0n) is 4.57. The van der Waals surface area contributed by atoms with Crippen LogP contribution >= 0.6 is 31.9 Å². The molecule has 0 spiro atoms. The van der Waals surface area contributed by atoms with Crippen molar-refractivity contribution < 1.29 is 0 Å². The summed E-state index contributed by atoms with van der Waals surface area (Å²) in [5.74, 6) is 0. The van der Waals surface area contributed by atoms with Gasteiger partial charge < -0.3 is 5.32 Å². The molecule has 1 aliphatic heterocycles. The Bertz CT molecular complexity index is 172. The SMILES string of the molecule is NC1(Br)C=CC=C(Br)N1. The van der Waals surface area contributed by atoms with Crippen molar-refractivity contribution in [3.8, 4) is 0 Å². The molecule has 1 atom stereocenters. The van der Waals surface area contributed by atoms with Gasteiger partial charge in [0.15, 0.2) is 4.57 Å². The molecule has 1 rings (SSSR count). The second kappa shape index (κ2) is 2.44. The standard InChI is InChI=1S/C5H6Br2N2/c6-4-2-1-3-5(7,8)9-4/h1-3,9H,8H2. The highest BCUT2D eigenvalue weighted by Gasteiger charge is 2.17. The lowest BCUT2D eigenvalue weighted by Gasteiger charge is -2.23. The Morgan fingerprint density at radius 1 is 1.67 bits per heavy atom. The fourth-order valence-corrected chi connectivity index (χ4v) is 1.65. The lowest BCUT2D eigenvalue weighted by Crippen LogP contribution is -2.45. The van der Waals surface area contributed by atoms with Crippen LogP contribution in [-0.4, -0.2) is 4.57 Å². The molecule has 0 aromatic carbocycles. The van der Waals surface area contributed by atoms with Crippen LogP contribution in [0, 0.1) is 0 Å². The Hall–Kier alpha value is 0.200. The normalized spacial score (nSPS) is 33.4. The van der Waals surface area contributed by atoms with Crippen molar-refractivity contribution in [3.63, 3.8) is 0 Å². The van der Waals surface area contributed by atoms with Crippen LogP contribution in [0.5, 0.6) is 0 Å². The second-order valence-corrected chi connectivity index (χ2v) is 3.93. The van der Waals surface area contributed by atoms with Gasteiger partial charge in [-0.05, 0) is 44.0 Å². The third-order valence-electron chi connectivity index (χ3n) is 0.892. The Balaban J connectivity index is 2.73. The predicted molar refractivity (Wildman–Crippen MR) is 45.1 cm³/mol. The van der Waals surface area contributed by atoms with Gasteiger partial charge in [0.2, 0.25) is 0 Å². The fourth-order valence-electron chi connectivity index (χ4n) is 0.539. The molecule has 0 fully saturated rings. The Morgan fingerprint density at radius 2 is 2.33 bits per heavy atom. The summed E-state index contributed by atoms with van der Waals surface area (Å²) < 4.78 is 0.296. The van der Waals surface area contributed by atoms with Crippen molar-refractivity contribution in [3.05, 3.63) is 22.8 Å². The molecular weight excluding hydrogens is 248 g/mol. The highest BCUT2D eigenvalue weighted by atomic mass is 79.9. The third kappa shape index (κ3) is 2.12. The van der Waals surface area contributed by atoms with E-state index in [0.29, 0.717) is 0 Å². The number of rotatable bonds is 0. The number of nitrogens with one attached hydrogen (secondary N) is 1. The van der Waals surface area contributed by atoms with Crippen LogP contribution in [0.4, 0.5) is 0 Å². The number of dihydropyridines is 1. The lowest BCUT2D eigenvalue weighted by atomic mass is 10.3. The minimum absolute atomic E-state index is 0.583. The van der Waals surface area contributed by atoms with Crippen molar-refractivity contribution in [2.24, 2.45) is 5.73 Å². The third-order valence-corrected chi connectivity index (χ3v) is 1.82. The van der Waals surface area contributed by atoms with Gasteiger partial charge >= 0.3 is 0 Å². The summed E-state index contributed by atoms with van der Waals surface area (Å²) in [4.78, 5) is 0. The molecule has 0 saturated carbocycles. The molecule has 0 aromatic rings. The first-order chi connectivity index (χ1) is 4.10. The minimum Gasteiger partial charge on any atom is -0.350 e. The number of allylic oxidation sites excluding steroid dienone is 2. The van der Waals surface area contributed by atoms with E-state index in [1.54, 1.807) is 0 Å². The molecule has 2 nitrogen and oxygen atoms in total. The largest absolute Gasteiger partial charge is 0.350 e. The molecular formula is C5H6Br2N2. The monoisotopic (exact) mass is 252 g/mol. The summed E-state index contributed by atoms with van der Waals surface area (Å²) >= 11 is 6.49. The molecule has 0 aromatic heterocycles. The summed E-state index contributed by atoms with van der Waals surface area (Å²) in [7, 11) is 0. The highest BCUT2D eigenvalue weighted by molar-refractivity contribution is 9.12. The van der Waals surface area contributed by atoms with Crippen molar-refractivity contribution in [1.82, 2.24) is 5.32 Å². The van der Waals surface area contributed by atoms with E-state index in [0.717, 1.165) is 4.61 Å². The number of hydrogen-bond donors (Lipinski definition) is 2. The van der Waals surface area contributed by atoms with Crippen LogP contribution in [0.3, 0.4) is 0 Å². The first-order valence-electron chi connectivity index (χ1n) is 2.41. The maximum absolute atomic E-state index is 5.62. The van der Waals surface area contributed by atoms with Crippen LogP contribution < -0.4 is 11.1 Å². The Labute approximate surface area is 70.4 Å². The van der Waals surface area contributed by atoms with Crippen LogP contribution in [0.2, 0.25) is 0 Å². The van der Waals surface area contributed by atoms with E-state index in [9.17, 15) is 0 Å². The van der Waals surface area contributed by atoms with Crippen molar-refractivity contribution in [2.75, 3.05) is 0 Å². The van der Waals surface area contributed by atoms with Crippen LogP contribution in [0.1, 0.15) is 0 Å². The molecule has 1 unspecified atom stereocenters. The summed E-state index contributed by atoms with van der Waals surface area (Å²) in [6.45, 7) is 0. The van der Waals surface area contributed by atoms with Gasteiger partial charge in [0.25, 0.3) is 0 Å². The molecule has 0 saturated heterocycles. The van der Waals surface area contributed by atoms with Crippen molar-refractivity contribution in [1.29, 1.82) is 0 Å². The van der Waals surface area contributed by atoms with Gasteiger partial charge in [-0.2, -0.15) is 0 Å². The Kier molecular flexibility index (Phi) is 1.98. The summed E-state index contributed by atoms with van der Waals surface area (Å²) in [6.07, 6.45) is 5.57. The molecule has 0 radical (unpaired) electrons. The molecule has 50 valence electrons. The fraction of sp³-hybridized carbons (Fsp3) is 0.200. The maximum Gasteiger partial charge on any atom is 0.163 e. The van der Waals surface area contributed by atoms with Gasteiger partial charge in [-0.3, -0.25) is 5.73 Å². The maximum atomic E-state index is 5.62. The molecule has 1 aliphatic rings. The zero-order valence-corrected chi connectivity index (χ0v) is 7.74. The van der Waals surface area contributed by atoms with E-state index in [1.807, 2.05) is 18.2 Å². The van der Waals surface area contributed by atoms with E-state index in [1.165, 1.54) is 0 Å². The van der Waals surface area contributed by atoms with E-state index < -0.39 is 4.57 Å². The zero-order chi connectivity index (χ0) is 6.91. The molecule has 0 amide bonds. The van der Waals surface area contributed by atoms with E-state index >= 15 is 0 Å². The minimum atomic E-state index is -0.583. The average Bonchev–Trinajstić information content (AvgIpc) is 1.60. The number of nitrogens with two attached hydrogens (primary N) is 1. The van der Waals surface area contributed by atoms with E-state index in [-0.39, 0.29) is 0 Å². The number of halogens is 2.